The second-order valence-electron chi connectivity index (χ2n) is 10.7. The number of rotatable bonds is 5. The number of fused-ring (bicyclic) bond motifs is 2. The average molecular weight is 534 g/mol. The van der Waals surface area contributed by atoms with Gasteiger partial charge in [-0.25, -0.2) is 9.07 Å². The molecule has 2 fully saturated rings. The highest BCUT2D eigenvalue weighted by molar-refractivity contribution is 6.11. The number of carbonyl (C=O) groups is 3. The van der Waals surface area contributed by atoms with Crippen LogP contribution in [0.25, 0.3) is 5.69 Å². The monoisotopic (exact) mass is 533 g/mol. The van der Waals surface area contributed by atoms with Crippen LogP contribution >= 0.6 is 0 Å². The first-order valence-corrected chi connectivity index (χ1v) is 12.7. The zero-order valence-corrected chi connectivity index (χ0v) is 21.9. The number of carbonyl (C=O) groups excluding carboxylic acids is 3. The van der Waals surface area contributed by atoms with Crippen LogP contribution < -0.4 is 20.3 Å². The molecule has 39 heavy (non-hydrogen) atoms. The smallest absolute Gasteiger partial charge is 0.277 e. The Labute approximate surface area is 224 Å². The Morgan fingerprint density at radius 3 is 2.33 bits per heavy atom. The van der Waals surface area contributed by atoms with Crippen LogP contribution in [0.15, 0.2) is 42.5 Å². The van der Waals surface area contributed by atoms with E-state index in [1.165, 1.54) is 23.9 Å². The normalized spacial score (nSPS) is 19.3. The van der Waals surface area contributed by atoms with Gasteiger partial charge in [0.1, 0.15) is 22.7 Å². The fourth-order valence-corrected chi connectivity index (χ4v) is 5.54. The fourth-order valence-electron chi connectivity index (χ4n) is 5.54. The average Bonchev–Trinajstić information content (AvgIpc) is 3.56. The van der Waals surface area contributed by atoms with Gasteiger partial charge < -0.3 is 25.0 Å². The van der Waals surface area contributed by atoms with Crippen LogP contribution in [0.5, 0.6) is 5.75 Å². The molecule has 3 heterocycles. The molecule has 202 valence electrons. The van der Waals surface area contributed by atoms with Gasteiger partial charge in [0.25, 0.3) is 17.7 Å². The first-order chi connectivity index (χ1) is 18.6. The minimum absolute atomic E-state index is 0.00865. The van der Waals surface area contributed by atoms with E-state index in [1.54, 1.807) is 54.0 Å². The summed E-state index contributed by atoms with van der Waals surface area (Å²) in [5.41, 5.74) is 6.16. The molecule has 1 spiro atoms. The summed E-state index contributed by atoms with van der Waals surface area (Å²) < 4.78 is 27.0. The Kier molecular flexibility index (Phi) is 5.55. The van der Waals surface area contributed by atoms with Crippen molar-refractivity contribution in [1.29, 1.82) is 0 Å². The van der Waals surface area contributed by atoms with Crippen LogP contribution in [0.4, 0.5) is 15.8 Å². The molecule has 1 aromatic heterocycles. The fraction of sp³-hybridized carbons (Fsp3) is 0.357. The van der Waals surface area contributed by atoms with E-state index in [-0.39, 0.29) is 23.0 Å². The molecule has 3 aliphatic rings. The van der Waals surface area contributed by atoms with Crippen LogP contribution in [0.3, 0.4) is 0 Å². The third-order valence-corrected chi connectivity index (χ3v) is 7.81. The molecule has 3 amide bonds. The van der Waals surface area contributed by atoms with E-state index in [9.17, 15) is 14.4 Å². The molecule has 0 bridgehead atoms. The highest BCUT2D eigenvalue weighted by atomic mass is 19.1. The van der Waals surface area contributed by atoms with E-state index < -0.39 is 28.6 Å². The Bertz CT molecular complexity index is 1530. The number of halogens is 1. The highest BCUT2D eigenvalue weighted by Gasteiger charge is 2.56. The molecule has 0 atom stereocenters. The number of morpholine rings is 1. The number of hydrogen-bond acceptors (Lipinski definition) is 6. The van der Waals surface area contributed by atoms with Gasteiger partial charge >= 0.3 is 0 Å². The van der Waals surface area contributed by atoms with Crippen molar-refractivity contribution < 1.29 is 28.2 Å². The summed E-state index contributed by atoms with van der Waals surface area (Å²) in [6.07, 6.45) is 1.46. The third-order valence-electron chi connectivity index (χ3n) is 7.81. The molecule has 10 nitrogen and oxygen atoms in total. The number of benzene rings is 2. The van der Waals surface area contributed by atoms with Gasteiger partial charge in [0.15, 0.2) is 11.5 Å². The molecule has 2 aliphatic heterocycles. The van der Waals surface area contributed by atoms with Crippen LogP contribution in [0.1, 0.15) is 53.2 Å². The molecule has 2 aromatic carbocycles. The summed E-state index contributed by atoms with van der Waals surface area (Å²) in [5.74, 6) is -1.68. The van der Waals surface area contributed by atoms with Gasteiger partial charge in [-0.3, -0.25) is 14.4 Å². The summed E-state index contributed by atoms with van der Waals surface area (Å²) in [6, 6.07) is 11.4. The molecule has 1 saturated heterocycles. The summed E-state index contributed by atoms with van der Waals surface area (Å²) >= 11 is 0. The second kappa shape index (κ2) is 8.63. The van der Waals surface area contributed by atoms with E-state index in [0.29, 0.717) is 42.4 Å². The maximum atomic E-state index is 15.1. The summed E-state index contributed by atoms with van der Waals surface area (Å²) in [7, 11) is 1.43. The molecule has 1 aliphatic carbocycles. The van der Waals surface area contributed by atoms with Crippen LogP contribution in [0, 0.1) is 5.82 Å². The van der Waals surface area contributed by atoms with Crippen molar-refractivity contribution in [2.24, 2.45) is 5.73 Å². The molecule has 1 saturated carbocycles. The maximum absolute atomic E-state index is 15.1. The molecular formula is C28H28FN5O5. The van der Waals surface area contributed by atoms with Gasteiger partial charge in [-0.05, 0) is 63.1 Å². The van der Waals surface area contributed by atoms with Crippen molar-refractivity contribution >= 4 is 29.1 Å². The van der Waals surface area contributed by atoms with Gasteiger partial charge in [-0.2, -0.15) is 5.10 Å². The first-order valence-electron chi connectivity index (χ1n) is 12.7. The number of nitrogens with two attached hydrogens (primary N) is 1. The van der Waals surface area contributed by atoms with E-state index >= 15 is 4.39 Å². The lowest BCUT2D eigenvalue weighted by Crippen LogP contribution is -2.53. The molecule has 3 aromatic rings. The minimum Gasteiger partial charge on any atom is -0.497 e. The lowest BCUT2D eigenvalue weighted by Gasteiger charge is -2.37. The van der Waals surface area contributed by atoms with Crippen molar-refractivity contribution in [2.75, 3.05) is 36.6 Å². The maximum Gasteiger partial charge on any atom is 0.277 e. The molecular weight excluding hydrogens is 505 g/mol. The number of hydrogen-bond donors (Lipinski definition) is 1. The molecule has 0 radical (unpaired) electrons. The van der Waals surface area contributed by atoms with Crippen molar-refractivity contribution in [3.8, 4) is 11.4 Å². The summed E-state index contributed by atoms with van der Waals surface area (Å²) in [6.45, 7) is 4.66. The topological polar surface area (TPSA) is 120 Å². The van der Waals surface area contributed by atoms with Gasteiger partial charge in [0, 0.05) is 41.5 Å². The van der Waals surface area contributed by atoms with Gasteiger partial charge in [0.05, 0.1) is 13.7 Å². The van der Waals surface area contributed by atoms with Crippen LogP contribution in [-0.2, 0) is 14.9 Å². The van der Waals surface area contributed by atoms with Crippen LogP contribution in [0.2, 0.25) is 0 Å². The quantitative estimate of drug-likeness (QED) is 0.539. The first kappa shape index (κ1) is 25.1. The molecule has 11 heteroatoms. The van der Waals surface area contributed by atoms with E-state index in [2.05, 4.69) is 5.10 Å². The summed E-state index contributed by atoms with van der Waals surface area (Å²) in [4.78, 5) is 42.6. The largest absolute Gasteiger partial charge is 0.497 e. The number of primary amides is 1. The van der Waals surface area contributed by atoms with E-state index in [0.717, 1.165) is 12.8 Å². The van der Waals surface area contributed by atoms with Gasteiger partial charge in [-0.15, -0.1) is 0 Å². The van der Waals surface area contributed by atoms with Crippen molar-refractivity contribution in [1.82, 2.24) is 9.78 Å². The Morgan fingerprint density at radius 2 is 1.74 bits per heavy atom. The van der Waals surface area contributed by atoms with Crippen molar-refractivity contribution in [3.05, 3.63) is 65.2 Å². The predicted octanol–water partition coefficient (Wildman–Crippen LogP) is 2.95. The SMILES string of the molecule is COc1ccc(-n2nc(C(N)=O)c3c2C(=O)N(c2ccc(N4CCOC(C)(C)C4=O)cc2)CC32CC2)c(F)c1. The predicted molar refractivity (Wildman–Crippen MR) is 140 cm³/mol. The van der Waals surface area contributed by atoms with Crippen molar-refractivity contribution in [2.45, 2.75) is 37.7 Å². The lowest BCUT2D eigenvalue weighted by atomic mass is 9.88. The Hall–Kier alpha value is -4.25. The standard InChI is InChI=1S/C28H28FN5O5/c1-27(2)26(37)32(12-13-39-27)16-4-6-17(7-5-16)33-15-28(10-11-28)21-22(24(30)35)31-34(23(21)25(33)36)20-9-8-18(38-3)14-19(20)29/h4-9,14H,10-13,15H2,1-3H3,(H2,30,35). The highest BCUT2D eigenvalue weighted by Crippen LogP contribution is 2.54. The molecule has 0 unspecified atom stereocenters. The van der Waals surface area contributed by atoms with Gasteiger partial charge in [-0.1, -0.05) is 0 Å². The molecule has 2 N–H and O–H groups in total. The Balaban J connectivity index is 1.41. The second-order valence-corrected chi connectivity index (χ2v) is 10.7. The number of amides is 3. The number of aromatic nitrogens is 2. The zero-order valence-electron chi connectivity index (χ0n) is 21.9. The minimum atomic E-state index is -0.915. The van der Waals surface area contributed by atoms with E-state index in [4.69, 9.17) is 15.2 Å². The van der Waals surface area contributed by atoms with Gasteiger partial charge in [0.2, 0.25) is 0 Å². The lowest BCUT2D eigenvalue weighted by molar-refractivity contribution is -0.144. The summed E-state index contributed by atoms with van der Waals surface area (Å²) in [5, 5.41) is 4.35. The Morgan fingerprint density at radius 1 is 1.08 bits per heavy atom. The number of ether oxygens (including phenoxy) is 2. The number of methoxy groups -OCH3 is 1. The molecule has 6 rings (SSSR count). The number of anilines is 2. The third kappa shape index (κ3) is 3.87. The number of nitrogens with zero attached hydrogens (tertiary/aromatic N) is 4. The van der Waals surface area contributed by atoms with Crippen LogP contribution in [-0.4, -0.2) is 59.9 Å². The van der Waals surface area contributed by atoms with Crippen molar-refractivity contribution in [3.63, 3.8) is 0 Å². The van der Waals surface area contributed by atoms with E-state index in [1.807, 2.05) is 0 Å². The zero-order chi connectivity index (χ0) is 27.7.